The standard InChI is InChI=1S/C21H19N3O3S/c25-21(23-15-18-6-4-5-12-22-18)17-9-10-20-16(14-17)11-13-24(20)28(26,27)19-7-2-1-3-8-19/h1-10,12,14H,11,13,15H2,(H,23,25). The number of rotatable bonds is 5. The first-order valence-electron chi connectivity index (χ1n) is 8.94. The molecule has 142 valence electrons. The van der Waals surface area contributed by atoms with Crippen LogP contribution in [-0.4, -0.2) is 25.9 Å². The molecular formula is C21H19N3O3S. The van der Waals surface area contributed by atoms with E-state index in [0.717, 1.165) is 11.3 Å². The van der Waals surface area contributed by atoms with E-state index in [-0.39, 0.29) is 10.8 Å². The lowest BCUT2D eigenvalue weighted by Gasteiger charge is -2.19. The van der Waals surface area contributed by atoms with Gasteiger partial charge in [-0.3, -0.25) is 14.1 Å². The van der Waals surface area contributed by atoms with E-state index in [1.54, 1.807) is 54.7 Å². The number of benzene rings is 2. The Kier molecular flexibility index (Phi) is 4.83. The van der Waals surface area contributed by atoms with Gasteiger partial charge in [0, 0.05) is 18.3 Å². The highest BCUT2D eigenvalue weighted by Crippen LogP contribution is 2.33. The molecule has 0 unspecified atom stereocenters. The lowest BCUT2D eigenvalue weighted by atomic mass is 10.1. The summed E-state index contributed by atoms with van der Waals surface area (Å²) in [6.07, 6.45) is 2.25. The Morgan fingerprint density at radius 3 is 2.57 bits per heavy atom. The fraction of sp³-hybridized carbons (Fsp3) is 0.143. The molecule has 6 nitrogen and oxygen atoms in total. The maximum Gasteiger partial charge on any atom is 0.264 e. The number of fused-ring (bicyclic) bond motifs is 1. The first-order valence-corrected chi connectivity index (χ1v) is 10.4. The van der Waals surface area contributed by atoms with Crippen molar-refractivity contribution >= 4 is 21.6 Å². The number of hydrogen-bond acceptors (Lipinski definition) is 4. The number of hydrogen-bond donors (Lipinski definition) is 1. The van der Waals surface area contributed by atoms with E-state index < -0.39 is 10.0 Å². The van der Waals surface area contributed by atoms with Crippen LogP contribution in [0.5, 0.6) is 0 Å². The summed E-state index contributed by atoms with van der Waals surface area (Å²) in [5.74, 6) is -0.210. The van der Waals surface area contributed by atoms with Gasteiger partial charge < -0.3 is 5.32 Å². The molecular weight excluding hydrogens is 374 g/mol. The minimum atomic E-state index is -3.61. The number of carbonyl (C=O) groups is 1. The lowest BCUT2D eigenvalue weighted by Crippen LogP contribution is -2.29. The molecule has 0 aliphatic carbocycles. The highest BCUT2D eigenvalue weighted by atomic mass is 32.2. The van der Waals surface area contributed by atoms with Crippen molar-refractivity contribution in [3.8, 4) is 0 Å². The number of amides is 1. The third kappa shape index (κ3) is 3.48. The summed E-state index contributed by atoms with van der Waals surface area (Å²) < 4.78 is 27.2. The Labute approximate surface area is 163 Å². The van der Waals surface area contributed by atoms with E-state index in [9.17, 15) is 13.2 Å². The summed E-state index contributed by atoms with van der Waals surface area (Å²) in [6, 6.07) is 19.0. The van der Waals surface area contributed by atoms with Gasteiger partial charge in [-0.2, -0.15) is 0 Å². The van der Waals surface area contributed by atoms with E-state index in [1.807, 2.05) is 18.2 Å². The highest BCUT2D eigenvalue weighted by Gasteiger charge is 2.31. The first-order chi connectivity index (χ1) is 13.6. The summed E-state index contributed by atoms with van der Waals surface area (Å²) in [5.41, 5.74) is 2.76. The van der Waals surface area contributed by atoms with E-state index in [0.29, 0.717) is 30.8 Å². The molecule has 1 aliphatic rings. The largest absolute Gasteiger partial charge is 0.346 e. The van der Waals surface area contributed by atoms with Crippen LogP contribution in [0, 0.1) is 0 Å². The number of pyridine rings is 1. The average molecular weight is 393 g/mol. The predicted octanol–water partition coefficient (Wildman–Crippen LogP) is 2.76. The molecule has 3 aromatic rings. The molecule has 2 heterocycles. The molecule has 1 aromatic heterocycles. The van der Waals surface area contributed by atoms with Crippen LogP contribution in [0.2, 0.25) is 0 Å². The van der Waals surface area contributed by atoms with Crippen molar-refractivity contribution in [3.05, 3.63) is 89.7 Å². The zero-order valence-corrected chi connectivity index (χ0v) is 15.9. The number of nitrogens with one attached hydrogen (secondary N) is 1. The van der Waals surface area contributed by atoms with Crippen LogP contribution in [0.3, 0.4) is 0 Å². The zero-order chi connectivity index (χ0) is 19.6. The van der Waals surface area contributed by atoms with Gasteiger partial charge in [-0.1, -0.05) is 24.3 Å². The second kappa shape index (κ2) is 7.44. The van der Waals surface area contributed by atoms with E-state index >= 15 is 0 Å². The molecule has 0 saturated heterocycles. The average Bonchev–Trinajstić information content (AvgIpc) is 3.17. The fourth-order valence-corrected chi connectivity index (χ4v) is 4.78. The fourth-order valence-electron chi connectivity index (χ4n) is 3.26. The van der Waals surface area contributed by atoms with Crippen molar-refractivity contribution in [2.24, 2.45) is 0 Å². The Balaban J connectivity index is 1.53. The zero-order valence-electron chi connectivity index (χ0n) is 15.1. The molecule has 0 saturated carbocycles. The van der Waals surface area contributed by atoms with Gasteiger partial charge in [0.25, 0.3) is 15.9 Å². The number of carbonyl (C=O) groups excluding carboxylic acids is 1. The number of sulfonamides is 1. The van der Waals surface area contributed by atoms with Gasteiger partial charge in [0.2, 0.25) is 0 Å². The van der Waals surface area contributed by atoms with Crippen molar-refractivity contribution in [1.29, 1.82) is 0 Å². The topological polar surface area (TPSA) is 79.4 Å². The van der Waals surface area contributed by atoms with Crippen LogP contribution in [-0.2, 0) is 23.0 Å². The summed E-state index contributed by atoms with van der Waals surface area (Å²) in [6.45, 7) is 0.705. The van der Waals surface area contributed by atoms with Crippen LogP contribution < -0.4 is 9.62 Å². The molecule has 1 aliphatic heterocycles. The Morgan fingerprint density at radius 1 is 1.04 bits per heavy atom. The minimum absolute atomic E-state index is 0.210. The Hall–Kier alpha value is -3.19. The van der Waals surface area contributed by atoms with Crippen LogP contribution in [0.25, 0.3) is 0 Å². The van der Waals surface area contributed by atoms with Crippen molar-refractivity contribution in [2.75, 3.05) is 10.8 Å². The molecule has 0 bridgehead atoms. The monoisotopic (exact) mass is 393 g/mol. The van der Waals surface area contributed by atoms with Crippen molar-refractivity contribution in [2.45, 2.75) is 17.9 Å². The minimum Gasteiger partial charge on any atom is -0.346 e. The number of aromatic nitrogens is 1. The molecule has 0 fully saturated rings. The molecule has 0 atom stereocenters. The number of anilines is 1. The van der Waals surface area contributed by atoms with E-state index in [4.69, 9.17) is 0 Å². The van der Waals surface area contributed by atoms with Gasteiger partial charge in [-0.15, -0.1) is 0 Å². The molecule has 28 heavy (non-hydrogen) atoms. The van der Waals surface area contributed by atoms with Gasteiger partial charge in [0.15, 0.2) is 0 Å². The van der Waals surface area contributed by atoms with Crippen molar-refractivity contribution < 1.29 is 13.2 Å². The molecule has 4 rings (SSSR count). The second-order valence-corrected chi connectivity index (χ2v) is 8.35. The number of nitrogens with zero attached hydrogens (tertiary/aromatic N) is 2. The normalized spacial score (nSPS) is 13.2. The summed E-state index contributed by atoms with van der Waals surface area (Å²) in [4.78, 5) is 16.9. The molecule has 0 spiro atoms. The second-order valence-electron chi connectivity index (χ2n) is 6.49. The highest BCUT2D eigenvalue weighted by molar-refractivity contribution is 7.92. The lowest BCUT2D eigenvalue weighted by molar-refractivity contribution is 0.0950. The summed E-state index contributed by atoms with van der Waals surface area (Å²) in [5, 5.41) is 2.84. The Bertz CT molecular complexity index is 1100. The Morgan fingerprint density at radius 2 is 1.82 bits per heavy atom. The van der Waals surface area contributed by atoms with E-state index in [2.05, 4.69) is 10.3 Å². The molecule has 1 amide bonds. The van der Waals surface area contributed by atoms with Crippen LogP contribution >= 0.6 is 0 Å². The van der Waals surface area contributed by atoms with Crippen molar-refractivity contribution in [3.63, 3.8) is 0 Å². The first kappa shape index (κ1) is 18.2. The van der Waals surface area contributed by atoms with Crippen LogP contribution in [0.15, 0.2) is 77.8 Å². The van der Waals surface area contributed by atoms with E-state index in [1.165, 1.54) is 4.31 Å². The quantitative estimate of drug-likeness (QED) is 0.723. The van der Waals surface area contributed by atoms with Gasteiger partial charge in [-0.05, 0) is 54.4 Å². The molecule has 2 aromatic carbocycles. The third-order valence-corrected chi connectivity index (χ3v) is 6.51. The van der Waals surface area contributed by atoms with Gasteiger partial charge >= 0.3 is 0 Å². The predicted molar refractivity (Wildman–Crippen MR) is 107 cm³/mol. The SMILES string of the molecule is O=C(NCc1ccccn1)c1ccc2c(c1)CCN2S(=O)(=O)c1ccccc1. The molecule has 7 heteroatoms. The molecule has 1 N–H and O–H groups in total. The maximum atomic E-state index is 12.9. The van der Waals surface area contributed by atoms with Crippen LogP contribution in [0.4, 0.5) is 5.69 Å². The van der Waals surface area contributed by atoms with Gasteiger partial charge in [0.1, 0.15) is 0 Å². The maximum absolute atomic E-state index is 12.9. The molecule has 0 radical (unpaired) electrons. The summed E-state index contributed by atoms with van der Waals surface area (Å²) in [7, 11) is -3.61. The third-order valence-electron chi connectivity index (χ3n) is 4.68. The summed E-state index contributed by atoms with van der Waals surface area (Å²) >= 11 is 0. The van der Waals surface area contributed by atoms with Gasteiger partial charge in [0.05, 0.1) is 22.8 Å². The smallest absolute Gasteiger partial charge is 0.264 e. The van der Waals surface area contributed by atoms with Crippen molar-refractivity contribution in [1.82, 2.24) is 10.3 Å². The van der Waals surface area contributed by atoms with Gasteiger partial charge in [-0.25, -0.2) is 8.42 Å². The van der Waals surface area contributed by atoms with Crippen LogP contribution in [0.1, 0.15) is 21.6 Å².